The highest BCUT2D eigenvalue weighted by Gasteiger charge is 2.25. The maximum Gasteiger partial charge on any atom is 0.285 e. The van der Waals surface area contributed by atoms with Crippen molar-refractivity contribution in [1.82, 2.24) is 5.32 Å². The SMILES string of the molecule is O=C1NC(O)/C(=C/c2ccc(OCc3ccc(Cl)c(Cl)c3)cc2)S1. The number of carbonyl (C=O) groups is 1. The molecular weight excluding hydrogens is 369 g/mol. The highest BCUT2D eigenvalue weighted by molar-refractivity contribution is 8.17. The molecule has 7 heteroatoms. The van der Waals surface area contributed by atoms with Crippen LogP contribution in [0.3, 0.4) is 0 Å². The summed E-state index contributed by atoms with van der Waals surface area (Å²) in [7, 11) is 0. The highest BCUT2D eigenvalue weighted by atomic mass is 35.5. The molecule has 1 aliphatic rings. The van der Waals surface area contributed by atoms with Crippen LogP contribution in [-0.4, -0.2) is 16.6 Å². The number of halogens is 2. The van der Waals surface area contributed by atoms with Crippen LogP contribution >= 0.6 is 35.0 Å². The van der Waals surface area contributed by atoms with E-state index in [2.05, 4.69) is 5.32 Å². The molecule has 3 rings (SSSR count). The molecule has 2 aromatic carbocycles. The molecule has 0 saturated carbocycles. The Kier molecular flexibility index (Phi) is 5.36. The average molecular weight is 382 g/mol. The van der Waals surface area contributed by atoms with Gasteiger partial charge in [-0.15, -0.1) is 0 Å². The van der Waals surface area contributed by atoms with E-state index in [4.69, 9.17) is 27.9 Å². The van der Waals surface area contributed by atoms with E-state index in [0.717, 1.165) is 22.9 Å². The summed E-state index contributed by atoms with van der Waals surface area (Å²) in [5.41, 5.74) is 1.79. The second-order valence-corrected chi connectivity index (χ2v) is 6.95. The zero-order valence-electron chi connectivity index (χ0n) is 12.3. The second-order valence-electron chi connectivity index (χ2n) is 5.09. The number of amides is 1. The Morgan fingerprint density at radius 2 is 1.92 bits per heavy atom. The zero-order valence-corrected chi connectivity index (χ0v) is 14.7. The molecule has 2 aromatic rings. The van der Waals surface area contributed by atoms with Crippen molar-refractivity contribution in [3.8, 4) is 5.75 Å². The summed E-state index contributed by atoms with van der Waals surface area (Å²) in [6.45, 7) is 0.379. The first-order chi connectivity index (χ1) is 11.5. The molecule has 1 fully saturated rings. The summed E-state index contributed by atoms with van der Waals surface area (Å²) in [5, 5.41) is 12.8. The van der Waals surface area contributed by atoms with Crippen LogP contribution in [0.4, 0.5) is 4.79 Å². The molecule has 0 aromatic heterocycles. The predicted octanol–water partition coefficient (Wildman–Crippen LogP) is 4.69. The van der Waals surface area contributed by atoms with Crippen LogP contribution in [0.2, 0.25) is 10.0 Å². The van der Waals surface area contributed by atoms with Crippen molar-refractivity contribution in [2.24, 2.45) is 0 Å². The van der Waals surface area contributed by atoms with Crippen molar-refractivity contribution in [2.75, 3.05) is 0 Å². The number of carbonyl (C=O) groups excluding carboxylic acids is 1. The summed E-state index contributed by atoms with van der Waals surface area (Å²) in [6.07, 6.45) is 0.823. The first-order valence-corrected chi connectivity index (χ1v) is 8.63. The molecule has 0 spiro atoms. The molecule has 1 saturated heterocycles. The normalized spacial score (nSPS) is 18.7. The first-order valence-electron chi connectivity index (χ1n) is 7.06. The third-order valence-electron chi connectivity index (χ3n) is 3.31. The van der Waals surface area contributed by atoms with Gasteiger partial charge < -0.3 is 15.2 Å². The van der Waals surface area contributed by atoms with Gasteiger partial charge in [0.05, 0.1) is 10.0 Å². The first kappa shape index (κ1) is 17.2. The van der Waals surface area contributed by atoms with E-state index in [1.54, 1.807) is 18.2 Å². The summed E-state index contributed by atoms with van der Waals surface area (Å²) >= 11 is 12.8. The van der Waals surface area contributed by atoms with Gasteiger partial charge in [-0.3, -0.25) is 4.79 Å². The molecular formula is C17H13Cl2NO3S. The van der Waals surface area contributed by atoms with Crippen LogP contribution in [0.5, 0.6) is 5.75 Å². The van der Waals surface area contributed by atoms with E-state index in [9.17, 15) is 9.90 Å². The smallest absolute Gasteiger partial charge is 0.285 e. The number of thioether (sulfide) groups is 1. The number of aliphatic hydroxyl groups is 1. The van der Waals surface area contributed by atoms with Crippen molar-refractivity contribution in [1.29, 1.82) is 0 Å². The van der Waals surface area contributed by atoms with Gasteiger partial charge in [-0.25, -0.2) is 0 Å². The van der Waals surface area contributed by atoms with Gasteiger partial charge in [0, 0.05) is 4.91 Å². The summed E-state index contributed by atoms with van der Waals surface area (Å²) in [5.74, 6) is 0.706. The molecule has 1 unspecified atom stereocenters. The van der Waals surface area contributed by atoms with Crippen molar-refractivity contribution < 1.29 is 14.6 Å². The molecule has 1 heterocycles. The van der Waals surface area contributed by atoms with Crippen LogP contribution in [0.15, 0.2) is 47.4 Å². The van der Waals surface area contributed by atoms with Crippen molar-refractivity contribution in [3.63, 3.8) is 0 Å². The lowest BCUT2D eigenvalue weighted by atomic mass is 10.2. The minimum Gasteiger partial charge on any atom is -0.489 e. The minimum absolute atomic E-state index is 0.254. The second kappa shape index (κ2) is 7.49. The highest BCUT2D eigenvalue weighted by Crippen LogP contribution is 2.29. The predicted molar refractivity (Wildman–Crippen MR) is 97.3 cm³/mol. The molecule has 24 heavy (non-hydrogen) atoms. The van der Waals surface area contributed by atoms with Gasteiger partial charge in [0.2, 0.25) is 0 Å². The number of hydrogen-bond acceptors (Lipinski definition) is 4. The van der Waals surface area contributed by atoms with Crippen LogP contribution in [0, 0.1) is 0 Å². The maximum absolute atomic E-state index is 11.2. The van der Waals surface area contributed by atoms with E-state index in [0.29, 0.717) is 27.3 Å². The molecule has 2 N–H and O–H groups in total. The number of aliphatic hydroxyl groups excluding tert-OH is 1. The number of nitrogens with one attached hydrogen (secondary N) is 1. The van der Waals surface area contributed by atoms with Crippen molar-refractivity contribution >= 4 is 46.3 Å². The Balaban J connectivity index is 1.63. The Bertz CT molecular complexity index is 793. The van der Waals surface area contributed by atoms with E-state index in [1.807, 2.05) is 30.3 Å². The molecule has 124 valence electrons. The van der Waals surface area contributed by atoms with E-state index >= 15 is 0 Å². The van der Waals surface area contributed by atoms with Gasteiger partial charge in [0.1, 0.15) is 12.4 Å². The van der Waals surface area contributed by atoms with Crippen LogP contribution in [-0.2, 0) is 6.61 Å². The van der Waals surface area contributed by atoms with Crippen molar-refractivity contribution in [2.45, 2.75) is 12.8 Å². The Labute approximate surface area is 153 Å². The minimum atomic E-state index is -0.937. The number of benzene rings is 2. The summed E-state index contributed by atoms with van der Waals surface area (Å²) in [4.78, 5) is 11.8. The van der Waals surface area contributed by atoms with Crippen LogP contribution < -0.4 is 10.1 Å². The lowest BCUT2D eigenvalue weighted by molar-refractivity contribution is 0.192. The standard InChI is InChI=1S/C17H13Cl2NO3S/c18-13-6-3-11(7-14(13)19)9-23-12-4-1-10(2-5-12)8-15-16(21)20-17(22)24-15/h1-8,16,21H,9H2,(H,20,22)/b15-8-. The van der Waals surface area contributed by atoms with Gasteiger partial charge in [-0.1, -0.05) is 41.4 Å². The third kappa shape index (κ3) is 4.24. The molecule has 0 bridgehead atoms. The fourth-order valence-corrected chi connectivity index (χ4v) is 3.17. The van der Waals surface area contributed by atoms with Gasteiger partial charge in [-0.05, 0) is 53.2 Å². The van der Waals surface area contributed by atoms with E-state index < -0.39 is 6.23 Å². The number of hydrogen-bond donors (Lipinski definition) is 2. The molecule has 0 aliphatic carbocycles. The van der Waals surface area contributed by atoms with Gasteiger partial charge in [0.15, 0.2) is 6.23 Å². The largest absolute Gasteiger partial charge is 0.489 e. The molecule has 0 radical (unpaired) electrons. The monoisotopic (exact) mass is 381 g/mol. The lowest BCUT2D eigenvalue weighted by Gasteiger charge is -2.08. The summed E-state index contributed by atoms with van der Waals surface area (Å²) < 4.78 is 5.71. The third-order valence-corrected chi connectivity index (χ3v) is 4.93. The quantitative estimate of drug-likeness (QED) is 0.806. The maximum atomic E-state index is 11.2. The number of rotatable bonds is 4. The lowest BCUT2D eigenvalue weighted by Crippen LogP contribution is -2.24. The Morgan fingerprint density at radius 1 is 1.17 bits per heavy atom. The van der Waals surface area contributed by atoms with E-state index in [1.165, 1.54) is 0 Å². The zero-order chi connectivity index (χ0) is 17.1. The fourth-order valence-electron chi connectivity index (χ4n) is 2.10. The topological polar surface area (TPSA) is 58.6 Å². The van der Waals surface area contributed by atoms with Crippen molar-refractivity contribution in [3.05, 3.63) is 68.5 Å². The van der Waals surface area contributed by atoms with Gasteiger partial charge >= 0.3 is 0 Å². The fraction of sp³-hybridized carbons (Fsp3) is 0.118. The van der Waals surface area contributed by atoms with Crippen LogP contribution in [0.25, 0.3) is 6.08 Å². The Morgan fingerprint density at radius 3 is 2.54 bits per heavy atom. The average Bonchev–Trinajstić information content (AvgIpc) is 2.87. The number of ether oxygens (including phenoxy) is 1. The van der Waals surface area contributed by atoms with Crippen LogP contribution in [0.1, 0.15) is 11.1 Å². The Hall–Kier alpha value is -1.66. The summed E-state index contributed by atoms with van der Waals surface area (Å²) in [6, 6.07) is 12.7. The van der Waals surface area contributed by atoms with Gasteiger partial charge in [-0.2, -0.15) is 0 Å². The molecule has 1 aliphatic heterocycles. The molecule has 1 amide bonds. The van der Waals surface area contributed by atoms with E-state index in [-0.39, 0.29) is 5.24 Å². The molecule has 1 atom stereocenters. The van der Waals surface area contributed by atoms with Gasteiger partial charge in [0.25, 0.3) is 5.24 Å². The molecule has 4 nitrogen and oxygen atoms in total.